The highest BCUT2D eigenvalue weighted by Gasteiger charge is 2.21. The van der Waals surface area contributed by atoms with E-state index in [0.717, 1.165) is 12.5 Å². The Bertz CT molecular complexity index is 110. The molecule has 0 aromatic heterocycles. The second kappa shape index (κ2) is 4.39. The molecule has 0 fully saturated rings. The van der Waals surface area contributed by atoms with Gasteiger partial charge in [0.25, 0.3) is 5.92 Å². The van der Waals surface area contributed by atoms with E-state index in [0.29, 0.717) is 6.42 Å². The van der Waals surface area contributed by atoms with Gasteiger partial charge >= 0.3 is 0 Å². The van der Waals surface area contributed by atoms with Crippen molar-refractivity contribution in [1.82, 2.24) is 0 Å². The quantitative estimate of drug-likeness (QED) is 0.607. The summed E-state index contributed by atoms with van der Waals surface area (Å²) in [5.41, 5.74) is 4.79. The summed E-state index contributed by atoms with van der Waals surface area (Å²) in [5.74, 6) is -2.81. The molecular formula is C7H13F2N. The first kappa shape index (κ1) is 9.56. The molecule has 0 aromatic rings. The lowest BCUT2D eigenvalue weighted by atomic mass is 10.2. The summed E-state index contributed by atoms with van der Waals surface area (Å²) in [5, 5.41) is 0. The molecule has 0 amide bonds. The van der Waals surface area contributed by atoms with Crippen molar-refractivity contribution in [3.63, 3.8) is 0 Å². The highest BCUT2D eigenvalue weighted by atomic mass is 19.3. The standard InChI is InChI=1S/C7H13F2N/c1-2-3-4-5-7(8,9)6-10/h4-5H,2-3,6,10H2,1H3/b5-4+. The van der Waals surface area contributed by atoms with Gasteiger partial charge in [0, 0.05) is 0 Å². The maximum atomic E-state index is 12.3. The van der Waals surface area contributed by atoms with Crippen molar-refractivity contribution in [3.8, 4) is 0 Å². The zero-order valence-electron chi connectivity index (χ0n) is 6.11. The number of halogens is 2. The van der Waals surface area contributed by atoms with Crippen LogP contribution in [0.4, 0.5) is 8.78 Å². The fourth-order valence-electron chi connectivity index (χ4n) is 0.490. The van der Waals surface area contributed by atoms with E-state index in [-0.39, 0.29) is 0 Å². The third-order valence-corrected chi connectivity index (χ3v) is 1.09. The van der Waals surface area contributed by atoms with Gasteiger partial charge in [-0.2, -0.15) is 0 Å². The summed E-state index contributed by atoms with van der Waals surface area (Å²) >= 11 is 0. The number of hydrogen-bond donors (Lipinski definition) is 1. The Morgan fingerprint density at radius 1 is 1.50 bits per heavy atom. The molecule has 0 aromatic carbocycles. The number of alkyl halides is 2. The van der Waals surface area contributed by atoms with Crippen LogP contribution >= 0.6 is 0 Å². The highest BCUT2D eigenvalue weighted by molar-refractivity contribution is 4.94. The molecule has 0 aliphatic rings. The summed E-state index contributed by atoms with van der Waals surface area (Å²) in [6.07, 6.45) is 3.91. The zero-order chi connectivity index (χ0) is 8.04. The first-order valence-corrected chi connectivity index (χ1v) is 3.38. The van der Waals surface area contributed by atoms with E-state index in [2.05, 4.69) is 0 Å². The fraction of sp³-hybridized carbons (Fsp3) is 0.714. The minimum atomic E-state index is -2.81. The molecule has 2 N–H and O–H groups in total. The number of hydrogen-bond acceptors (Lipinski definition) is 1. The minimum absolute atomic E-state index is 0.604. The molecule has 0 aliphatic carbocycles. The Morgan fingerprint density at radius 2 is 2.10 bits per heavy atom. The van der Waals surface area contributed by atoms with Gasteiger partial charge in [0.15, 0.2) is 0 Å². The van der Waals surface area contributed by atoms with Gasteiger partial charge in [-0.3, -0.25) is 0 Å². The zero-order valence-corrected chi connectivity index (χ0v) is 6.11. The van der Waals surface area contributed by atoms with E-state index in [9.17, 15) is 8.78 Å². The lowest BCUT2D eigenvalue weighted by Crippen LogP contribution is -2.24. The topological polar surface area (TPSA) is 26.0 Å². The molecule has 0 saturated carbocycles. The Morgan fingerprint density at radius 3 is 2.50 bits per heavy atom. The molecule has 1 nitrogen and oxygen atoms in total. The smallest absolute Gasteiger partial charge is 0.278 e. The van der Waals surface area contributed by atoms with Gasteiger partial charge in [0.1, 0.15) is 0 Å². The highest BCUT2D eigenvalue weighted by Crippen LogP contribution is 2.12. The van der Waals surface area contributed by atoms with E-state index in [4.69, 9.17) is 5.73 Å². The largest absolute Gasteiger partial charge is 0.325 e. The van der Waals surface area contributed by atoms with Crippen LogP contribution in [0.1, 0.15) is 19.8 Å². The van der Waals surface area contributed by atoms with E-state index in [1.54, 1.807) is 0 Å². The van der Waals surface area contributed by atoms with Crippen LogP contribution < -0.4 is 5.73 Å². The summed E-state index contributed by atoms with van der Waals surface area (Å²) < 4.78 is 24.5. The molecule has 10 heavy (non-hydrogen) atoms. The number of nitrogens with two attached hydrogens (primary N) is 1. The number of unbranched alkanes of at least 4 members (excludes halogenated alkanes) is 1. The monoisotopic (exact) mass is 149 g/mol. The Balaban J connectivity index is 3.63. The lowest BCUT2D eigenvalue weighted by Gasteiger charge is -2.06. The van der Waals surface area contributed by atoms with Crippen molar-refractivity contribution in [1.29, 1.82) is 0 Å². The van der Waals surface area contributed by atoms with Crippen LogP contribution in [-0.2, 0) is 0 Å². The van der Waals surface area contributed by atoms with Crippen molar-refractivity contribution in [2.24, 2.45) is 5.73 Å². The number of rotatable bonds is 4. The Kier molecular flexibility index (Phi) is 4.19. The first-order chi connectivity index (χ1) is 4.62. The van der Waals surface area contributed by atoms with Crippen molar-refractivity contribution < 1.29 is 8.78 Å². The van der Waals surface area contributed by atoms with Crippen LogP contribution in [0.15, 0.2) is 12.2 Å². The molecule has 0 bridgehead atoms. The summed E-state index contributed by atoms with van der Waals surface area (Å²) in [6, 6.07) is 0. The maximum absolute atomic E-state index is 12.3. The van der Waals surface area contributed by atoms with Gasteiger partial charge < -0.3 is 5.73 Å². The molecule has 60 valence electrons. The third-order valence-electron chi connectivity index (χ3n) is 1.09. The van der Waals surface area contributed by atoms with Crippen LogP contribution in [0.2, 0.25) is 0 Å². The predicted octanol–water partition coefficient (Wildman–Crippen LogP) is 1.94. The van der Waals surface area contributed by atoms with Gasteiger partial charge in [0.05, 0.1) is 6.54 Å². The van der Waals surface area contributed by atoms with Gasteiger partial charge in [0.2, 0.25) is 0 Å². The molecular weight excluding hydrogens is 136 g/mol. The van der Waals surface area contributed by atoms with Gasteiger partial charge in [-0.15, -0.1) is 0 Å². The molecule has 0 heterocycles. The summed E-state index contributed by atoms with van der Waals surface area (Å²) in [6.45, 7) is 1.33. The SMILES string of the molecule is CCC/C=C/C(F)(F)CN. The first-order valence-electron chi connectivity index (χ1n) is 3.38. The van der Waals surface area contributed by atoms with Crippen LogP contribution in [0, 0.1) is 0 Å². The van der Waals surface area contributed by atoms with Crippen LogP contribution in [0.5, 0.6) is 0 Å². The number of allylic oxidation sites excluding steroid dienone is 1. The molecule has 3 heteroatoms. The van der Waals surface area contributed by atoms with Crippen molar-refractivity contribution in [2.75, 3.05) is 6.54 Å². The van der Waals surface area contributed by atoms with Crippen molar-refractivity contribution in [2.45, 2.75) is 25.7 Å². The van der Waals surface area contributed by atoms with Crippen molar-refractivity contribution in [3.05, 3.63) is 12.2 Å². The molecule has 0 atom stereocenters. The van der Waals surface area contributed by atoms with Crippen LogP contribution in [0.25, 0.3) is 0 Å². The fourth-order valence-corrected chi connectivity index (χ4v) is 0.490. The van der Waals surface area contributed by atoms with E-state index in [1.807, 2.05) is 6.92 Å². The molecule has 0 radical (unpaired) electrons. The van der Waals surface area contributed by atoms with Gasteiger partial charge in [-0.05, 0) is 12.5 Å². The van der Waals surface area contributed by atoms with E-state index >= 15 is 0 Å². The third kappa shape index (κ3) is 4.44. The van der Waals surface area contributed by atoms with Gasteiger partial charge in [-0.25, -0.2) is 8.78 Å². The molecule has 0 rings (SSSR count). The summed E-state index contributed by atoms with van der Waals surface area (Å²) in [7, 11) is 0. The second-order valence-electron chi connectivity index (χ2n) is 2.16. The second-order valence-corrected chi connectivity index (χ2v) is 2.16. The minimum Gasteiger partial charge on any atom is -0.325 e. The Labute approximate surface area is 59.9 Å². The molecule has 0 aliphatic heterocycles. The molecule has 0 saturated heterocycles. The average molecular weight is 149 g/mol. The van der Waals surface area contributed by atoms with Crippen molar-refractivity contribution >= 4 is 0 Å². The lowest BCUT2D eigenvalue weighted by molar-refractivity contribution is 0.0650. The predicted molar refractivity (Wildman–Crippen MR) is 38.0 cm³/mol. The van der Waals surface area contributed by atoms with E-state index in [1.165, 1.54) is 6.08 Å². The van der Waals surface area contributed by atoms with Crippen LogP contribution in [-0.4, -0.2) is 12.5 Å². The van der Waals surface area contributed by atoms with Gasteiger partial charge in [-0.1, -0.05) is 19.4 Å². The van der Waals surface area contributed by atoms with E-state index < -0.39 is 12.5 Å². The average Bonchev–Trinajstić information content (AvgIpc) is 1.89. The Hall–Kier alpha value is -0.440. The molecule has 0 unspecified atom stereocenters. The summed E-state index contributed by atoms with van der Waals surface area (Å²) in [4.78, 5) is 0. The maximum Gasteiger partial charge on any atom is 0.278 e. The van der Waals surface area contributed by atoms with Crippen LogP contribution in [0.3, 0.4) is 0 Å². The molecule has 0 spiro atoms. The normalized spacial score (nSPS) is 12.8.